The SMILES string of the molecule is C=C(C)CN1C(=NCC)NC2C1C(=O)NC(=O)N2C. The number of amides is 3. The molecule has 2 rings (SSSR count). The van der Waals surface area contributed by atoms with Crippen LogP contribution in [0.1, 0.15) is 13.8 Å². The van der Waals surface area contributed by atoms with Gasteiger partial charge in [0.2, 0.25) is 0 Å². The summed E-state index contributed by atoms with van der Waals surface area (Å²) < 4.78 is 0. The van der Waals surface area contributed by atoms with E-state index >= 15 is 0 Å². The van der Waals surface area contributed by atoms with E-state index in [1.165, 1.54) is 4.90 Å². The van der Waals surface area contributed by atoms with E-state index in [9.17, 15) is 9.59 Å². The van der Waals surface area contributed by atoms with Gasteiger partial charge < -0.3 is 15.1 Å². The van der Waals surface area contributed by atoms with Gasteiger partial charge in [-0.2, -0.15) is 0 Å². The number of nitrogens with zero attached hydrogens (tertiary/aromatic N) is 3. The molecule has 2 unspecified atom stereocenters. The van der Waals surface area contributed by atoms with Crippen LogP contribution in [0.15, 0.2) is 17.1 Å². The first-order chi connectivity index (χ1) is 8.95. The standard InChI is InChI=1S/C12H19N5O2/c1-5-13-11-14-9-8(17(11)6-7(2)3)10(18)15-12(19)16(9)4/h8-9H,2,5-6H2,1,3-4H3,(H,13,14)(H,15,18,19). The second kappa shape index (κ2) is 4.91. The zero-order valence-electron chi connectivity index (χ0n) is 11.4. The Morgan fingerprint density at radius 3 is 2.74 bits per heavy atom. The predicted octanol–water partition coefficient (Wildman–Crippen LogP) is -0.280. The summed E-state index contributed by atoms with van der Waals surface area (Å²) in [6, 6.07) is -0.864. The minimum Gasteiger partial charge on any atom is -0.333 e. The van der Waals surface area contributed by atoms with E-state index in [0.29, 0.717) is 19.0 Å². The Kier molecular flexibility index (Phi) is 3.46. The zero-order valence-corrected chi connectivity index (χ0v) is 11.4. The normalized spacial score (nSPS) is 28.3. The number of imide groups is 1. The van der Waals surface area contributed by atoms with Gasteiger partial charge in [0.15, 0.2) is 12.0 Å². The third kappa shape index (κ3) is 2.27. The molecule has 19 heavy (non-hydrogen) atoms. The smallest absolute Gasteiger partial charge is 0.325 e. The van der Waals surface area contributed by atoms with Gasteiger partial charge in [-0.15, -0.1) is 0 Å². The van der Waals surface area contributed by atoms with E-state index in [1.54, 1.807) is 7.05 Å². The van der Waals surface area contributed by atoms with Gasteiger partial charge in [0.05, 0.1) is 0 Å². The Bertz CT molecular complexity index is 459. The van der Waals surface area contributed by atoms with Crippen LogP contribution in [0.5, 0.6) is 0 Å². The Balaban J connectivity index is 2.34. The highest BCUT2D eigenvalue weighted by Gasteiger charge is 2.49. The van der Waals surface area contributed by atoms with E-state index in [0.717, 1.165) is 5.57 Å². The molecule has 0 aliphatic carbocycles. The number of fused-ring (bicyclic) bond motifs is 1. The Labute approximate surface area is 112 Å². The third-order valence-corrected chi connectivity index (χ3v) is 3.17. The Morgan fingerprint density at radius 2 is 2.16 bits per heavy atom. The molecule has 2 heterocycles. The molecule has 2 N–H and O–H groups in total. The number of carbonyl (C=O) groups is 2. The molecule has 7 heteroatoms. The lowest BCUT2D eigenvalue weighted by Gasteiger charge is -2.35. The van der Waals surface area contributed by atoms with Crippen molar-refractivity contribution in [1.29, 1.82) is 0 Å². The van der Waals surface area contributed by atoms with Crippen LogP contribution in [-0.4, -0.2) is 60.0 Å². The maximum absolute atomic E-state index is 12.0. The maximum atomic E-state index is 12.0. The summed E-state index contributed by atoms with van der Waals surface area (Å²) in [4.78, 5) is 31.4. The molecular weight excluding hydrogens is 246 g/mol. The van der Waals surface area contributed by atoms with Crippen LogP contribution in [0.3, 0.4) is 0 Å². The largest absolute Gasteiger partial charge is 0.333 e. The van der Waals surface area contributed by atoms with E-state index < -0.39 is 12.1 Å². The van der Waals surface area contributed by atoms with Crippen molar-refractivity contribution >= 4 is 17.9 Å². The van der Waals surface area contributed by atoms with E-state index in [2.05, 4.69) is 22.2 Å². The number of likely N-dealkylation sites (N-methyl/N-ethyl adjacent to an activating group) is 1. The molecule has 0 bridgehead atoms. The fourth-order valence-corrected chi connectivity index (χ4v) is 2.33. The molecule has 2 aliphatic rings. The second-order valence-corrected chi connectivity index (χ2v) is 4.82. The number of rotatable bonds is 3. The first-order valence-corrected chi connectivity index (χ1v) is 6.25. The average Bonchev–Trinajstić information content (AvgIpc) is 2.66. The van der Waals surface area contributed by atoms with Crippen LogP contribution in [0.25, 0.3) is 0 Å². The molecule has 7 nitrogen and oxygen atoms in total. The molecule has 2 aliphatic heterocycles. The van der Waals surface area contributed by atoms with Gasteiger partial charge in [-0.05, 0) is 13.8 Å². The molecule has 0 aromatic carbocycles. The molecule has 104 valence electrons. The third-order valence-electron chi connectivity index (χ3n) is 3.17. The summed E-state index contributed by atoms with van der Waals surface area (Å²) in [6.45, 7) is 8.82. The molecule has 3 amide bonds. The maximum Gasteiger partial charge on any atom is 0.325 e. The van der Waals surface area contributed by atoms with E-state index in [1.807, 2.05) is 18.7 Å². The van der Waals surface area contributed by atoms with Crippen molar-refractivity contribution in [2.45, 2.75) is 26.1 Å². The molecular formula is C12H19N5O2. The van der Waals surface area contributed by atoms with Crippen molar-refractivity contribution in [3.05, 3.63) is 12.2 Å². The van der Waals surface area contributed by atoms with Crippen molar-refractivity contribution < 1.29 is 9.59 Å². The second-order valence-electron chi connectivity index (χ2n) is 4.82. The lowest BCUT2D eigenvalue weighted by atomic mass is 10.1. The van der Waals surface area contributed by atoms with Crippen LogP contribution in [0.4, 0.5) is 4.79 Å². The van der Waals surface area contributed by atoms with Crippen LogP contribution in [-0.2, 0) is 4.79 Å². The molecule has 0 aromatic rings. The number of nitrogens with one attached hydrogen (secondary N) is 2. The quantitative estimate of drug-likeness (QED) is 0.688. The van der Waals surface area contributed by atoms with E-state index in [4.69, 9.17) is 0 Å². The zero-order chi connectivity index (χ0) is 14.2. The number of aliphatic imine (C=N–C) groups is 1. The highest BCUT2D eigenvalue weighted by molar-refractivity contribution is 6.04. The highest BCUT2D eigenvalue weighted by Crippen LogP contribution is 2.21. The van der Waals surface area contributed by atoms with Gasteiger partial charge >= 0.3 is 6.03 Å². The Morgan fingerprint density at radius 1 is 1.47 bits per heavy atom. The molecule has 0 spiro atoms. The summed E-state index contributed by atoms with van der Waals surface area (Å²) in [5.41, 5.74) is 0.929. The first kappa shape index (κ1) is 13.4. The number of carbonyl (C=O) groups excluding carboxylic acids is 2. The first-order valence-electron chi connectivity index (χ1n) is 6.25. The topological polar surface area (TPSA) is 77.0 Å². The van der Waals surface area contributed by atoms with Crippen LogP contribution in [0.2, 0.25) is 0 Å². The van der Waals surface area contributed by atoms with Gasteiger partial charge in [-0.25, -0.2) is 4.79 Å². The van der Waals surface area contributed by atoms with Gasteiger partial charge in [0.25, 0.3) is 5.91 Å². The van der Waals surface area contributed by atoms with Gasteiger partial charge in [0, 0.05) is 20.1 Å². The fraction of sp³-hybridized carbons (Fsp3) is 0.583. The van der Waals surface area contributed by atoms with Crippen LogP contribution < -0.4 is 10.6 Å². The summed E-state index contributed by atoms with van der Waals surface area (Å²) in [7, 11) is 1.65. The molecule has 0 radical (unpaired) electrons. The summed E-state index contributed by atoms with van der Waals surface area (Å²) in [6.07, 6.45) is -0.383. The number of urea groups is 1. The summed E-state index contributed by atoms with van der Waals surface area (Å²) in [5.74, 6) is 0.334. The number of hydrogen-bond acceptors (Lipinski definition) is 3. The average molecular weight is 265 g/mol. The minimum absolute atomic E-state index is 0.303. The van der Waals surface area contributed by atoms with Crippen LogP contribution in [0, 0.1) is 0 Å². The summed E-state index contributed by atoms with van der Waals surface area (Å²) >= 11 is 0. The molecule has 0 saturated carbocycles. The van der Waals surface area contributed by atoms with Crippen molar-refractivity contribution in [3.63, 3.8) is 0 Å². The molecule has 2 atom stereocenters. The predicted molar refractivity (Wildman–Crippen MR) is 71.5 cm³/mol. The molecule has 2 saturated heterocycles. The number of hydrogen-bond donors (Lipinski definition) is 2. The lowest BCUT2D eigenvalue weighted by molar-refractivity contribution is -0.126. The number of guanidine groups is 1. The molecule has 0 aromatic heterocycles. The lowest BCUT2D eigenvalue weighted by Crippen LogP contribution is -2.64. The van der Waals surface area contributed by atoms with E-state index in [-0.39, 0.29) is 12.1 Å². The molecule has 2 fully saturated rings. The summed E-state index contributed by atoms with van der Waals surface area (Å²) in [5, 5.41) is 5.49. The van der Waals surface area contributed by atoms with Crippen LogP contribution >= 0.6 is 0 Å². The van der Waals surface area contributed by atoms with Gasteiger partial charge in [-0.1, -0.05) is 12.2 Å². The minimum atomic E-state index is -0.468. The Hall–Kier alpha value is -2.05. The van der Waals surface area contributed by atoms with Gasteiger partial charge in [-0.3, -0.25) is 15.1 Å². The van der Waals surface area contributed by atoms with Crippen molar-refractivity contribution in [2.24, 2.45) is 4.99 Å². The fourth-order valence-electron chi connectivity index (χ4n) is 2.33. The van der Waals surface area contributed by atoms with Crippen molar-refractivity contribution in [2.75, 3.05) is 20.1 Å². The van der Waals surface area contributed by atoms with Gasteiger partial charge in [0.1, 0.15) is 6.17 Å². The monoisotopic (exact) mass is 265 g/mol. The van der Waals surface area contributed by atoms with Crippen molar-refractivity contribution in [3.8, 4) is 0 Å². The highest BCUT2D eigenvalue weighted by atomic mass is 16.2. The van der Waals surface area contributed by atoms with Crippen molar-refractivity contribution in [1.82, 2.24) is 20.4 Å².